The zero-order chi connectivity index (χ0) is 16.0. The molecule has 1 aliphatic heterocycles. The first-order valence-corrected chi connectivity index (χ1v) is 10.5. The molecule has 2 nitrogen and oxygen atoms in total. The lowest BCUT2D eigenvalue weighted by atomic mass is 9.69. The molecular weight excluding hydrogens is 284 g/mol. The van der Waals surface area contributed by atoms with Gasteiger partial charge in [-0.05, 0) is 73.5 Å². The van der Waals surface area contributed by atoms with Crippen LogP contribution in [0.4, 0.5) is 0 Å². The van der Waals surface area contributed by atoms with E-state index in [-0.39, 0.29) is 5.79 Å². The maximum atomic E-state index is 6.17. The Morgan fingerprint density at radius 2 is 1.52 bits per heavy atom. The van der Waals surface area contributed by atoms with Crippen molar-refractivity contribution in [3.8, 4) is 0 Å². The smallest absolute Gasteiger partial charge is 0.168 e. The summed E-state index contributed by atoms with van der Waals surface area (Å²) in [5, 5.41) is 0. The Kier molecular flexibility index (Phi) is 4.51. The standard InChI is InChI=1S/C21H36O2/c1-4-14-10-15(5-2)20-18-12-16(19(14)20)11-17(18)13-21(6-3)22-8-7-9-23-21/h14-20H,4-13H2,1-3H3. The molecule has 2 heteroatoms. The van der Waals surface area contributed by atoms with E-state index in [2.05, 4.69) is 20.8 Å². The van der Waals surface area contributed by atoms with Crippen LogP contribution in [0.15, 0.2) is 0 Å². The van der Waals surface area contributed by atoms with E-state index in [1.54, 1.807) is 0 Å². The van der Waals surface area contributed by atoms with Crippen molar-refractivity contribution in [1.82, 2.24) is 0 Å². The van der Waals surface area contributed by atoms with Crippen molar-refractivity contribution in [1.29, 1.82) is 0 Å². The largest absolute Gasteiger partial charge is 0.350 e. The van der Waals surface area contributed by atoms with Gasteiger partial charge in [-0.15, -0.1) is 0 Å². The van der Waals surface area contributed by atoms with Gasteiger partial charge in [0.2, 0.25) is 0 Å². The number of ether oxygens (including phenoxy) is 2. The minimum atomic E-state index is -0.243. The zero-order valence-corrected chi connectivity index (χ0v) is 15.4. The molecule has 1 saturated heterocycles. The monoisotopic (exact) mass is 320 g/mol. The van der Waals surface area contributed by atoms with Gasteiger partial charge in [-0.2, -0.15) is 0 Å². The first-order chi connectivity index (χ1) is 11.2. The summed E-state index contributed by atoms with van der Waals surface area (Å²) in [6.45, 7) is 8.91. The summed E-state index contributed by atoms with van der Waals surface area (Å²) < 4.78 is 12.3. The van der Waals surface area contributed by atoms with Crippen molar-refractivity contribution < 1.29 is 9.47 Å². The van der Waals surface area contributed by atoms with Crippen LogP contribution in [0.2, 0.25) is 0 Å². The first kappa shape index (κ1) is 16.4. The predicted molar refractivity (Wildman–Crippen MR) is 93.0 cm³/mol. The fourth-order valence-corrected chi connectivity index (χ4v) is 7.25. The Bertz CT molecular complexity index is 414. The van der Waals surface area contributed by atoms with Crippen molar-refractivity contribution in [3.05, 3.63) is 0 Å². The molecule has 23 heavy (non-hydrogen) atoms. The average Bonchev–Trinajstić information content (AvgIpc) is 3.25. The van der Waals surface area contributed by atoms with Gasteiger partial charge in [0, 0.05) is 6.42 Å². The molecule has 7 unspecified atom stereocenters. The summed E-state index contributed by atoms with van der Waals surface area (Å²) in [4.78, 5) is 0. The Hall–Kier alpha value is -0.0800. The molecule has 0 spiro atoms. The van der Waals surface area contributed by atoms with E-state index in [4.69, 9.17) is 9.47 Å². The quantitative estimate of drug-likeness (QED) is 0.687. The summed E-state index contributed by atoms with van der Waals surface area (Å²) in [5.41, 5.74) is 0. The number of hydrogen-bond donors (Lipinski definition) is 0. The topological polar surface area (TPSA) is 18.5 Å². The molecule has 7 atom stereocenters. The zero-order valence-electron chi connectivity index (χ0n) is 15.4. The molecule has 4 fully saturated rings. The molecule has 0 aromatic carbocycles. The SMILES string of the molecule is CCC1CC(CC)C2C3CC(CC3CC3(CC)OCCCO3)C12. The van der Waals surface area contributed by atoms with E-state index < -0.39 is 0 Å². The van der Waals surface area contributed by atoms with Crippen LogP contribution in [0.5, 0.6) is 0 Å². The molecule has 3 aliphatic carbocycles. The maximum Gasteiger partial charge on any atom is 0.168 e. The number of rotatable bonds is 5. The fraction of sp³-hybridized carbons (Fsp3) is 1.00. The third-order valence-electron chi connectivity index (χ3n) is 8.14. The second-order valence-corrected chi connectivity index (χ2v) is 8.90. The van der Waals surface area contributed by atoms with Gasteiger partial charge >= 0.3 is 0 Å². The molecule has 3 saturated carbocycles. The van der Waals surface area contributed by atoms with E-state index in [0.29, 0.717) is 0 Å². The van der Waals surface area contributed by atoms with Crippen LogP contribution < -0.4 is 0 Å². The van der Waals surface area contributed by atoms with Gasteiger partial charge in [0.05, 0.1) is 13.2 Å². The lowest BCUT2D eigenvalue weighted by Crippen LogP contribution is -2.43. The minimum absolute atomic E-state index is 0.243. The summed E-state index contributed by atoms with van der Waals surface area (Å²) in [6.07, 6.45) is 10.6. The Morgan fingerprint density at radius 3 is 2.17 bits per heavy atom. The number of hydrogen-bond acceptors (Lipinski definition) is 2. The second kappa shape index (κ2) is 6.33. The van der Waals surface area contributed by atoms with E-state index in [1.165, 1.54) is 38.5 Å². The van der Waals surface area contributed by atoms with Gasteiger partial charge in [-0.1, -0.05) is 33.6 Å². The Morgan fingerprint density at radius 1 is 0.826 bits per heavy atom. The molecule has 0 aromatic rings. The van der Waals surface area contributed by atoms with Gasteiger partial charge in [-0.25, -0.2) is 0 Å². The van der Waals surface area contributed by atoms with Crippen molar-refractivity contribution in [3.63, 3.8) is 0 Å². The van der Waals surface area contributed by atoms with E-state index in [1.807, 2.05) is 0 Å². The van der Waals surface area contributed by atoms with E-state index in [0.717, 1.165) is 67.5 Å². The highest BCUT2D eigenvalue weighted by Crippen LogP contribution is 2.66. The highest BCUT2D eigenvalue weighted by atomic mass is 16.7. The van der Waals surface area contributed by atoms with Gasteiger partial charge in [0.25, 0.3) is 0 Å². The molecule has 4 aliphatic rings. The number of fused-ring (bicyclic) bond motifs is 5. The van der Waals surface area contributed by atoms with Gasteiger partial charge in [0.15, 0.2) is 5.79 Å². The molecule has 0 N–H and O–H groups in total. The van der Waals surface area contributed by atoms with Crippen LogP contribution in [-0.4, -0.2) is 19.0 Å². The maximum absolute atomic E-state index is 6.17. The van der Waals surface area contributed by atoms with Crippen molar-refractivity contribution in [2.24, 2.45) is 41.4 Å². The average molecular weight is 321 g/mol. The van der Waals surface area contributed by atoms with Crippen LogP contribution in [0.3, 0.4) is 0 Å². The van der Waals surface area contributed by atoms with Crippen LogP contribution >= 0.6 is 0 Å². The molecule has 1 heterocycles. The summed E-state index contributed by atoms with van der Waals surface area (Å²) in [6, 6.07) is 0. The Labute approximate surface area is 142 Å². The molecule has 0 amide bonds. The third-order valence-corrected chi connectivity index (χ3v) is 8.14. The van der Waals surface area contributed by atoms with Crippen LogP contribution in [-0.2, 0) is 9.47 Å². The summed E-state index contributed by atoms with van der Waals surface area (Å²) in [7, 11) is 0. The lowest BCUT2D eigenvalue weighted by molar-refractivity contribution is -0.278. The lowest BCUT2D eigenvalue weighted by Gasteiger charge is -2.42. The van der Waals surface area contributed by atoms with E-state index >= 15 is 0 Å². The highest BCUT2D eigenvalue weighted by molar-refractivity contribution is 5.08. The van der Waals surface area contributed by atoms with Crippen molar-refractivity contribution in [2.45, 2.75) is 77.9 Å². The normalized spacial score (nSPS) is 47.9. The second-order valence-electron chi connectivity index (χ2n) is 8.90. The van der Waals surface area contributed by atoms with Gasteiger partial charge in [0.1, 0.15) is 0 Å². The molecule has 4 rings (SSSR count). The fourth-order valence-electron chi connectivity index (χ4n) is 7.25. The minimum Gasteiger partial charge on any atom is -0.350 e. The predicted octanol–water partition coefficient (Wildman–Crippen LogP) is 5.26. The first-order valence-electron chi connectivity index (χ1n) is 10.5. The third kappa shape index (κ3) is 2.59. The van der Waals surface area contributed by atoms with Gasteiger partial charge in [-0.3, -0.25) is 0 Å². The summed E-state index contributed by atoms with van der Waals surface area (Å²) in [5.74, 6) is 6.76. The van der Waals surface area contributed by atoms with E-state index in [9.17, 15) is 0 Å². The van der Waals surface area contributed by atoms with Crippen LogP contribution in [0, 0.1) is 41.4 Å². The molecule has 0 aromatic heterocycles. The molecule has 132 valence electrons. The van der Waals surface area contributed by atoms with Crippen LogP contribution in [0.1, 0.15) is 72.1 Å². The Balaban J connectivity index is 1.49. The highest BCUT2D eigenvalue weighted by Gasteiger charge is 2.60. The van der Waals surface area contributed by atoms with Crippen LogP contribution in [0.25, 0.3) is 0 Å². The summed E-state index contributed by atoms with van der Waals surface area (Å²) >= 11 is 0. The van der Waals surface area contributed by atoms with Crippen molar-refractivity contribution in [2.75, 3.05) is 13.2 Å². The van der Waals surface area contributed by atoms with Gasteiger partial charge < -0.3 is 9.47 Å². The molecule has 0 radical (unpaired) electrons. The molecular formula is C21H36O2. The van der Waals surface area contributed by atoms with Crippen molar-refractivity contribution >= 4 is 0 Å². The molecule has 2 bridgehead atoms.